The number of likely N-dealkylation sites (tertiary alicyclic amines) is 1. The summed E-state index contributed by atoms with van der Waals surface area (Å²) >= 11 is 0. The molecule has 1 saturated heterocycles. The van der Waals surface area contributed by atoms with Crippen molar-refractivity contribution in [3.8, 4) is 0 Å². The van der Waals surface area contributed by atoms with Crippen LogP contribution in [0, 0.1) is 10.1 Å². The topological polar surface area (TPSA) is 113 Å². The second-order valence-electron chi connectivity index (χ2n) is 4.97. The lowest BCUT2D eigenvalue weighted by molar-refractivity contribution is -0.383. The minimum Gasteiger partial charge on any atom is -0.350 e. The summed E-state index contributed by atoms with van der Waals surface area (Å²) in [7, 11) is 3.86. The summed E-state index contributed by atoms with van der Waals surface area (Å²) < 4.78 is 0. The van der Waals surface area contributed by atoms with Crippen molar-refractivity contribution < 1.29 is 4.92 Å². The van der Waals surface area contributed by atoms with Gasteiger partial charge in [0.1, 0.15) is 6.33 Å². The lowest BCUT2D eigenvalue weighted by Crippen LogP contribution is -2.45. The molecule has 2 heterocycles. The third-order valence-electron chi connectivity index (χ3n) is 3.60. The zero-order chi connectivity index (χ0) is 14.7. The maximum absolute atomic E-state index is 11.2. The number of nitro groups is 1. The molecule has 2 rings (SSSR count). The largest absolute Gasteiger partial charge is 0.354 e. The van der Waals surface area contributed by atoms with Crippen LogP contribution in [0.2, 0.25) is 0 Å². The predicted molar refractivity (Wildman–Crippen MR) is 75.4 cm³/mol. The number of piperidine rings is 1. The van der Waals surface area contributed by atoms with Gasteiger partial charge in [0, 0.05) is 19.6 Å². The van der Waals surface area contributed by atoms with Crippen molar-refractivity contribution in [3.63, 3.8) is 0 Å². The highest BCUT2D eigenvalue weighted by atomic mass is 16.6. The molecule has 1 unspecified atom stereocenters. The lowest BCUT2D eigenvalue weighted by Gasteiger charge is -2.36. The number of likely N-dealkylation sites (N-methyl/N-ethyl adjacent to an activating group) is 2. The maximum Gasteiger partial charge on any atom is 0.354 e. The average molecular weight is 281 g/mol. The van der Waals surface area contributed by atoms with Gasteiger partial charge in [0.25, 0.3) is 0 Å². The van der Waals surface area contributed by atoms with Gasteiger partial charge in [-0.2, -0.15) is 0 Å². The van der Waals surface area contributed by atoms with E-state index in [1.165, 1.54) is 6.33 Å². The smallest absolute Gasteiger partial charge is 0.350 e. The van der Waals surface area contributed by atoms with E-state index < -0.39 is 4.92 Å². The second-order valence-corrected chi connectivity index (χ2v) is 4.97. The maximum atomic E-state index is 11.2. The summed E-state index contributed by atoms with van der Waals surface area (Å²) in [6, 6.07) is 0.188. The van der Waals surface area contributed by atoms with Crippen LogP contribution < -0.4 is 16.2 Å². The average Bonchev–Trinajstić information content (AvgIpc) is 2.45. The van der Waals surface area contributed by atoms with Crippen molar-refractivity contribution in [2.45, 2.75) is 18.9 Å². The van der Waals surface area contributed by atoms with Crippen LogP contribution in [0.1, 0.15) is 12.8 Å². The molecule has 0 spiro atoms. The Bertz CT molecular complexity index is 496. The molecular formula is C11H19N7O2. The van der Waals surface area contributed by atoms with E-state index in [0.29, 0.717) is 5.82 Å². The fourth-order valence-corrected chi connectivity index (χ4v) is 2.53. The molecule has 1 aliphatic rings. The molecular weight excluding hydrogens is 262 g/mol. The minimum atomic E-state index is -0.506. The van der Waals surface area contributed by atoms with Gasteiger partial charge in [0.2, 0.25) is 11.6 Å². The molecule has 1 aromatic heterocycles. The molecule has 20 heavy (non-hydrogen) atoms. The Balaban J connectivity index is 2.33. The Labute approximate surface area is 116 Å². The van der Waals surface area contributed by atoms with Crippen molar-refractivity contribution >= 4 is 17.3 Å². The third kappa shape index (κ3) is 2.78. The van der Waals surface area contributed by atoms with Crippen molar-refractivity contribution in [1.29, 1.82) is 0 Å². The summed E-state index contributed by atoms with van der Waals surface area (Å²) in [5.41, 5.74) is 2.06. The molecule has 9 nitrogen and oxygen atoms in total. The van der Waals surface area contributed by atoms with Gasteiger partial charge in [-0.3, -0.25) is 10.1 Å². The molecule has 0 bridgehead atoms. The standard InChI is InChI=1S/C11H19N7O2/c1-16-5-3-4-8(6-16)17(2)11-9(18(19)20)10(15-12)13-7-14-11/h7-8H,3-6,12H2,1-2H3,(H,13,14,15). The van der Waals surface area contributed by atoms with Gasteiger partial charge in [-0.25, -0.2) is 15.8 Å². The molecule has 0 aromatic carbocycles. The van der Waals surface area contributed by atoms with Crippen molar-refractivity contribution in [2.24, 2.45) is 5.84 Å². The fraction of sp³-hybridized carbons (Fsp3) is 0.636. The molecule has 1 aromatic rings. The minimum absolute atomic E-state index is 0.0241. The Morgan fingerprint density at radius 1 is 1.60 bits per heavy atom. The van der Waals surface area contributed by atoms with Crippen molar-refractivity contribution in [3.05, 3.63) is 16.4 Å². The van der Waals surface area contributed by atoms with Crippen LogP contribution in [0.15, 0.2) is 6.33 Å². The van der Waals surface area contributed by atoms with Crippen molar-refractivity contribution in [1.82, 2.24) is 14.9 Å². The van der Waals surface area contributed by atoms with Crippen LogP contribution in [0.25, 0.3) is 0 Å². The summed E-state index contributed by atoms with van der Waals surface area (Å²) in [5.74, 6) is 5.60. The van der Waals surface area contributed by atoms with E-state index in [4.69, 9.17) is 5.84 Å². The SMILES string of the molecule is CN1CCCC(N(C)c2ncnc(NN)c2[N+](=O)[O-])C1. The number of anilines is 2. The Hall–Kier alpha value is -2.00. The molecule has 9 heteroatoms. The number of nitrogen functional groups attached to an aromatic ring is 1. The number of hydrogen-bond donors (Lipinski definition) is 2. The number of aromatic nitrogens is 2. The summed E-state index contributed by atoms with van der Waals surface area (Å²) in [6.07, 6.45) is 3.32. The van der Waals surface area contributed by atoms with E-state index in [9.17, 15) is 10.1 Å². The van der Waals surface area contributed by atoms with E-state index in [2.05, 4.69) is 20.3 Å². The van der Waals surface area contributed by atoms with Gasteiger partial charge < -0.3 is 15.2 Å². The van der Waals surface area contributed by atoms with Crippen LogP contribution >= 0.6 is 0 Å². The van der Waals surface area contributed by atoms with Crippen LogP contribution in [0.4, 0.5) is 17.3 Å². The normalized spacial score (nSPS) is 19.6. The van der Waals surface area contributed by atoms with Gasteiger partial charge in [0.05, 0.1) is 4.92 Å². The zero-order valence-corrected chi connectivity index (χ0v) is 11.6. The van der Waals surface area contributed by atoms with E-state index in [1.807, 2.05) is 19.0 Å². The van der Waals surface area contributed by atoms with E-state index in [0.717, 1.165) is 25.9 Å². The van der Waals surface area contributed by atoms with Gasteiger partial charge in [-0.1, -0.05) is 0 Å². The molecule has 1 fully saturated rings. The summed E-state index contributed by atoms with van der Waals surface area (Å²) in [5, 5.41) is 11.2. The quantitative estimate of drug-likeness (QED) is 0.457. The first-order valence-electron chi connectivity index (χ1n) is 6.42. The lowest BCUT2D eigenvalue weighted by atomic mass is 10.1. The number of nitrogens with two attached hydrogens (primary N) is 1. The Morgan fingerprint density at radius 3 is 2.95 bits per heavy atom. The number of rotatable bonds is 4. The van der Waals surface area contributed by atoms with Gasteiger partial charge >= 0.3 is 5.69 Å². The molecule has 3 N–H and O–H groups in total. The first-order valence-corrected chi connectivity index (χ1v) is 6.42. The van der Waals surface area contributed by atoms with Gasteiger partial charge in [-0.05, 0) is 26.4 Å². The van der Waals surface area contributed by atoms with Crippen LogP contribution in [-0.2, 0) is 0 Å². The third-order valence-corrected chi connectivity index (χ3v) is 3.60. The van der Waals surface area contributed by atoms with Crippen LogP contribution in [-0.4, -0.2) is 53.0 Å². The Morgan fingerprint density at radius 2 is 2.35 bits per heavy atom. The van der Waals surface area contributed by atoms with E-state index >= 15 is 0 Å². The fourth-order valence-electron chi connectivity index (χ4n) is 2.53. The first kappa shape index (κ1) is 14.4. The number of nitrogens with one attached hydrogen (secondary N) is 1. The molecule has 1 atom stereocenters. The number of hydrogen-bond acceptors (Lipinski definition) is 8. The first-order chi connectivity index (χ1) is 9.54. The molecule has 0 amide bonds. The predicted octanol–water partition coefficient (Wildman–Crippen LogP) is 0.201. The van der Waals surface area contributed by atoms with Crippen LogP contribution in [0.5, 0.6) is 0 Å². The highest BCUT2D eigenvalue weighted by Crippen LogP contribution is 2.32. The molecule has 1 aliphatic heterocycles. The highest BCUT2D eigenvalue weighted by Gasteiger charge is 2.30. The zero-order valence-electron chi connectivity index (χ0n) is 11.6. The van der Waals surface area contributed by atoms with E-state index in [1.54, 1.807) is 0 Å². The molecule has 0 radical (unpaired) electrons. The highest BCUT2D eigenvalue weighted by molar-refractivity contribution is 5.69. The Kier molecular flexibility index (Phi) is 4.30. The summed E-state index contributed by atoms with van der Waals surface area (Å²) in [4.78, 5) is 22.7. The second kappa shape index (κ2) is 5.97. The molecule has 0 saturated carbocycles. The summed E-state index contributed by atoms with van der Waals surface area (Å²) in [6.45, 7) is 1.90. The van der Waals surface area contributed by atoms with Gasteiger partial charge in [-0.15, -0.1) is 0 Å². The number of hydrazine groups is 1. The van der Waals surface area contributed by atoms with Crippen LogP contribution in [0.3, 0.4) is 0 Å². The molecule has 110 valence electrons. The van der Waals surface area contributed by atoms with Gasteiger partial charge in [0.15, 0.2) is 0 Å². The monoisotopic (exact) mass is 281 g/mol. The van der Waals surface area contributed by atoms with Crippen molar-refractivity contribution in [2.75, 3.05) is 37.5 Å². The molecule has 0 aliphatic carbocycles. The number of nitrogens with zero attached hydrogens (tertiary/aromatic N) is 5. The van der Waals surface area contributed by atoms with E-state index in [-0.39, 0.29) is 17.5 Å².